The summed E-state index contributed by atoms with van der Waals surface area (Å²) in [6, 6.07) is 15.7. The van der Waals surface area contributed by atoms with Gasteiger partial charge in [-0.15, -0.1) is 0 Å². The molecule has 278 valence electrons. The summed E-state index contributed by atoms with van der Waals surface area (Å²) in [6.07, 6.45) is -1.08. The van der Waals surface area contributed by atoms with Crippen molar-refractivity contribution in [1.82, 2.24) is 15.0 Å². The average Bonchev–Trinajstić information content (AvgIpc) is 3.31. The molecule has 2 atom stereocenters. The number of piperidine rings is 1. The molecule has 0 radical (unpaired) electrons. The average molecular weight is 770 g/mol. The Morgan fingerprint density at radius 1 is 0.981 bits per heavy atom. The first-order chi connectivity index (χ1) is 25.4. The number of rotatable bonds is 9. The van der Waals surface area contributed by atoms with Gasteiger partial charge in [0.15, 0.2) is 11.6 Å². The lowest BCUT2D eigenvalue weighted by Crippen LogP contribution is -2.43. The van der Waals surface area contributed by atoms with Crippen molar-refractivity contribution in [3.8, 4) is 28.5 Å². The quantitative estimate of drug-likeness (QED) is 0.108. The van der Waals surface area contributed by atoms with Crippen LogP contribution in [0.25, 0.3) is 22.2 Å². The van der Waals surface area contributed by atoms with E-state index in [0.29, 0.717) is 23.9 Å². The van der Waals surface area contributed by atoms with Gasteiger partial charge in [-0.2, -0.15) is 13.2 Å². The Kier molecular flexibility index (Phi) is 10.1. The molecule has 2 aliphatic heterocycles. The van der Waals surface area contributed by atoms with Crippen molar-refractivity contribution in [3.05, 3.63) is 87.7 Å². The highest BCUT2D eigenvalue weighted by Crippen LogP contribution is 2.51. The molecule has 5 aromatic rings. The Bertz CT molecular complexity index is 2160. The van der Waals surface area contributed by atoms with Gasteiger partial charge in [0.1, 0.15) is 35.3 Å². The van der Waals surface area contributed by atoms with Crippen LogP contribution in [0.2, 0.25) is 5.02 Å². The highest BCUT2D eigenvalue weighted by atomic mass is 35.5. The summed E-state index contributed by atoms with van der Waals surface area (Å²) in [7, 11) is 1.37. The van der Waals surface area contributed by atoms with E-state index in [0.717, 1.165) is 30.4 Å². The van der Waals surface area contributed by atoms with Crippen LogP contribution in [-0.2, 0) is 30.1 Å². The predicted molar refractivity (Wildman–Crippen MR) is 196 cm³/mol. The van der Waals surface area contributed by atoms with E-state index in [1.807, 2.05) is 29.2 Å². The zero-order valence-electron chi connectivity index (χ0n) is 29.4. The molecule has 0 spiro atoms. The Balaban J connectivity index is 1.46. The maximum atomic E-state index is 17.2. The molecule has 2 aliphatic rings. The maximum Gasteiger partial charge on any atom is 0.418 e. The van der Waals surface area contributed by atoms with Gasteiger partial charge >= 0.3 is 6.18 Å². The summed E-state index contributed by atoms with van der Waals surface area (Å²) in [5, 5.41) is -0.413. The van der Waals surface area contributed by atoms with Crippen LogP contribution in [0, 0.1) is 12.7 Å². The van der Waals surface area contributed by atoms with E-state index in [1.54, 1.807) is 43.4 Å². The van der Waals surface area contributed by atoms with Crippen LogP contribution in [0.5, 0.6) is 17.2 Å². The highest BCUT2D eigenvalue weighted by molar-refractivity contribution is 7.84. The minimum atomic E-state index is -4.95. The number of fused-ring (bicyclic) bond motifs is 2. The van der Waals surface area contributed by atoms with Gasteiger partial charge in [-0.05, 0) is 73.2 Å². The zero-order valence-corrected chi connectivity index (χ0v) is 31.0. The van der Waals surface area contributed by atoms with Gasteiger partial charge < -0.3 is 24.0 Å². The second-order valence-corrected chi connectivity index (χ2v) is 14.7. The molecule has 0 aliphatic carbocycles. The Labute approximate surface area is 311 Å². The number of methoxy groups -OCH3 is 2. The van der Waals surface area contributed by atoms with Crippen LogP contribution in [0.15, 0.2) is 59.8 Å². The van der Waals surface area contributed by atoms with Gasteiger partial charge in [-0.25, -0.2) is 19.3 Å². The number of aromatic nitrogens is 3. The van der Waals surface area contributed by atoms with Crippen molar-refractivity contribution in [1.29, 1.82) is 0 Å². The first kappa shape index (κ1) is 36.7. The fourth-order valence-electron chi connectivity index (χ4n) is 7.02. The van der Waals surface area contributed by atoms with E-state index in [1.165, 1.54) is 19.2 Å². The summed E-state index contributed by atoms with van der Waals surface area (Å²) in [6.45, 7) is 2.49. The molecule has 1 fully saturated rings. The number of ether oxygens (including phenoxy) is 3. The zero-order chi connectivity index (χ0) is 37.6. The van der Waals surface area contributed by atoms with Crippen LogP contribution in [-0.4, -0.2) is 58.8 Å². The molecular weight excluding hydrogens is 734 g/mol. The van der Waals surface area contributed by atoms with E-state index in [-0.39, 0.29) is 64.0 Å². The molecule has 2 aromatic heterocycles. The molecule has 0 amide bonds. The summed E-state index contributed by atoms with van der Waals surface area (Å²) in [5.41, 5.74) is -1.36. The SMILES string of the molecule is COc1ccc(CN(Cc2ccc(OC)cc2)c2cc(C)c(C(F)(F)F)c(-c3c(Cl)c4c5c(nc(S(C)=O)nc5c3F)N3CCCC[C@H]3CO4)n2)cc1. The van der Waals surface area contributed by atoms with Crippen molar-refractivity contribution in [2.75, 3.05) is 43.4 Å². The van der Waals surface area contributed by atoms with Gasteiger partial charge in [0.2, 0.25) is 5.16 Å². The Hall–Kier alpha value is -4.69. The summed E-state index contributed by atoms with van der Waals surface area (Å²) < 4.78 is 92.1. The van der Waals surface area contributed by atoms with Crippen LogP contribution in [0.1, 0.15) is 41.5 Å². The topological polar surface area (TPSA) is 89.9 Å². The summed E-state index contributed by atoms with van der Waals surface area (Å²) in [5.74, 6) is 0.543. The van der Waals surface area contributed by atoms with Crippen molar-refractivity contribution in [3.63, 3.8) is 0 Å². The molecule has 0 saturated carbocycles. The number of pyridine rings is 1. The largest absolute Gasteiger partial charge is 0.497 e. The fraction of sp³-hybridized carbons (Fsp3) is 0.342. The molecule has 0 N–H and O–H groups in total. The lowest BCUT2D eigenvalue weighted by Gasteiger charge is -2.35. The maximum absolute atomic E-state index is 17.2. The van der Waals surface area contributed by atoms with E-state index in [2.05, 4.69) is 15.0 Å². The monoisotopic (exact) mass is 769 g/mol. The van der Waals surface area contributed by atoms with Crippen LogP contribution in [0.3, 0.4) is 0 Å². The van der Waals surface area contributed by atoms with Gasteiger partial charge in [0, 0.05) is 25.9 Å². The van der Waals surface area contributed by atoms with E-state index in [9.17, 15) is 4.21 Å². The third-order valence-corrected chi connectivity index (χ3v) is 10.7. The van der Waals surface area contributed by atoms with Crippen molar-refractivity contribution < 1.29 is 36.0 Å². The molecule has 1 unspecified atom stereocenters. The number of hydrogen-bond acceptors (Lipinski definition) is 9. The van der Waals surface area contributed by atoms with Crippen LogP contribution >= 0.6 is 11.6 Å². The number of alkyl halides is 3. The van der Waals surface area contributed by atoms with Crippen LogP contribution < -0.4 is 24.0 Å². The van der Waals surface area contributed by atoms with E-state index in [4.69, 9.17) is 25.8 Å². The number of benzene rings is 3. The van der Waals surface area contributed by atoms with Gasteiger partial charge in [-0.1, -0.05) is 35.9 Å². The smallest absolute Gasteiger partial charge is 0.418 e. The summed E-state index contributed by atoms with van der Waals surface area (Å²) >= 11 is 6.99. The molecule has 9 nitrogen and oxygen atoms in total. The number of nitrogens with zero attached hydrogens (tertiary/aromatic N) is 5. The molecule has 4 heterocycles. The molecular formula is C38H36ClF4N5O4S. The standard InChI is InChI=1S/C38H36ClF4N5O4S/c1-21-17-27(47(18-22-8-12-25(50-2)13-9-22)19-23-10-14-26(51-3)15-11-23)44-33(30(21)38(41,42)43)28-31(39)35-29-34(32(28)40)45-37(53(4)49)46-36(29)48-16-6-5-7-24(48)20-52-35/h8-15,17,24H,5-7,16,18-20H2,1-4H3/t24-,53?/m0/s1. The van der Waals surface area contributed by atoms with E-state index >= 15 is 17.6 Å². The number of anilines is 2. The third-order valence-electron chi connectivity index (χ3n) is 9.63. The van der Waals surface area contributed by atoms with Crippen LogP contribution in [0.4, 0.5) is 29.2 Å². The van der Waals surface area contributed by atoms with Gasteiger partial charge in [-0.3, -0.25) is 4.21 Å². The fourth-order valence-corrected chi connectivity index (χ4v) is 7.78. The van der Waals surface area contributed by atoms with Crippen molar-refractivity contribution in [2.45, 2.75) is 56.7 Å². The molecule has 1 saturated heterocycles. The number of halogens is 5. The predicted octanol–water partition coefficient (Wildman–Crippen LogP) is 8.52. The Morgan fingerprint density at radius 3 is 2.17 bits per heavy atom. The first-order valence-electron chi connectivity index (χ1n) is 16.9. The molecule has 7 rings (SSSR count). The summed E-state index contributed by atoms with van der Waals surface area (Å²) in [4.78, 5) is 17.2. The molecule has 15 heteroatoms. The van der Waals surface area contributed by atoms with Crippen molar-refractivity contribution in [2.24, 2.45) is 0 Å². The molecule has 53 heavy (non-hydrogen) atoms. The third kappa shape index (κ3) is 7.06. The van der Waals surface area contributed by atoms with Crippen molar-refractivity contribution >= 4 is 44.9 Å². The lowest BCUT2D eigenvalue weighted by molar-refractivity contribution is -0.137. The molecule has 0 bridgehead atoms. The minimum absolute atomic E-state index is 0.0396. The normalized spacial score (nSPS) is 16.1. The number of aryl methyl sites for hydroxylation is 1. The Morgan fingerprint density at radius 2 is 1.60 bits per heavy atom. The first-order valence-corrected chi connectivity index (χ1v) is 18.9. The number of hydrogen-bond donors (Lipinski definition) is 0. The molecule has 3 aromatic carbocycles. The van der Waals surface area contributed by atoms with Gasteiger partial charge in [0.25, 0.3) is 0 Å². The minimum Gasteiger partial charge on any atom is -0.497 e. The lowest BCUT2D eigenvalue weighted by atomic mass is 9.98. The van der Waals surface area contributed by atoms with Gasteiger partial charge in [0.05, 0.1) is 58.3 Å². The second kappa shape index (κ2) is 14.6. The van der Waals surface area contributed by atoms with E-state index < -0.39 is 39.6 Å². The highest BCUT2D eigenvalue weighted by Gasteiger charge is 2.41. The second-order valence-electron chi connectivity index (χ2n) is 13.1.